The molecule has 1 aliphatic heterocycles. The number of nitrogens with zero attached hydrogens (tertiary/aromatic N) is 5. The summed E-state index contributed by atoms with van der Waals surface area (Å²) in [6.07, 6.45) is 4.07. The van der Waals surface area contributed by atoms with Gasteiger partial charge >= 0.3 is 0 Å². The number of aryl methyl sites for hydroxylation is 2. The van der Waals surface area contributed by atoms with Crippen LogP contribution in [0, 0.1) is 13.8 Å². The minimum atomic E-state index is -0.0589. The summed E-state index contributed by atoms with van der Waals surface area (Å²) in [5.41, 5.74) is 9.34. The highest BCUT2D eigenvalue weighted by Crippen LogP contribution is 2.35. The zero-order valence-electron chi connectivity index (χ0n) is 25.2. The number of carbonyl (C=O) groups is 1. The lowest BCUT2D eigenvalue weighted by molar-refractivity contribution is -0.115. The first-order valence-electron chi connectivity index (χ1n) is 15.0. The van der Waals surface area contributed by atoms with E-state index < -0.39 is 0 Å². The van der Waals surface area contributed by atoms with E-state index in [0.717, 1.165) is 82.0 Å². The molecule has 1 amide bonds. The number of rotatable bonds is 8. The van der Waals surface area contributed by atoms with E-state index in [0.29, 0.717) is 12.4 Å². The van der Waals surface area contributed by atoms with Crippen molar-refractivity contribution in [2.75, 3.05) is 41.8 Å². The minimum absolute atomic E-state index is 0.0589. The number of aromatic nitrogens is 4. The zero-order chi connectivity index (χ0) is 30.8. The van der Waals surface area contributed by atoms with Crippen molar-refractivity contribution >= 4 is 45.2 Å². The van der Waals surface area contributed by atoms with Gasteiger partial charge in [0.25, 0.3) is 0 Å². The van der Waals surface area contributed by atoms with Crippen LogP contribution in [0.25, 0.3) is 27.6 Å². The molecule has 9 nitrogen and oxygen atoms in total. The average molecular weight is 616 g/mol. The number of hydrogen-bond donors (Lipinski definition) is 2. The fraction of sp³-hybridized carbons (Fsp3) is 0.200. The molecule has 7 rings (SSSR count). The summed E-state index contributed by atoms with van der Waals surface area (Å²) in [5.74, 6) is 0.437. The van der Waals surface area contributed by atoms with E-state index in [1.54, 1.807) is 17.5 Å². The molecule has 1 fully saturated rings. The number of carbonyl (C=O) groups excluding carboxylic acids is 1. The molecule has 6 aromatic rings. The van der Waals surface area contributed by atoms with E-state index in [2.05, 4.69) is 55.2 Å². The molecule has 0 unspecified atom stereocenters. The quantitative estimate of drug-likeness (QED) is 0.192. The van der Waals surface area contributed by atoms with E-state index >= 15 is 0 Å². The molecule has 226 valence electrons. The minimum Gasteiger partial charge on any atom is -0.378 e. The van der Waals surface area contributed by atoms with Gasteiger partial charge in [-0.2, -0.15) is 0 Å². The molecule has 1 aliphatic rings. The Morgan fingerprint density at radius 2 is 1.80 bits per heavy atom. The largest absolute Gasteiger partial charge is 0.378 e. The fourth-order valence-electron chi connectivity index (χ4n) is 5.60. The van der Waals surface area contributed by atoms with Crippen LogP contribution in [0.3, 0.4) is 0 Å². The Morgan fingerprint density at radius 1 is 0.956 bits per heavy atom. The summed E-state index contributed by atoms with van der Waals surface area (Å²) in [6.45, 7) is 7.36. The van der Waals surface area contributed by atoms with Crippen LogP contribution in [0.4, 0.5) is 23.0 Å². The van der Waals surface area contributed by atoms with Crippen molar-refractivity contribution in [3.63, 3.8) is 0 Å². The van der Waals surface area contributed by atoms with Crippen molar-refractivity contribution < 1.29 is 9.53 Å². The van der Waals surface area contributed by atoms with Gasteiger partial charge in [-0.05, 0) is 67.4 Å². The number of morpholine rings is 1. The lowest BCUT2D eigenvalue weighted by atomic mass is 10.0. The molecule has 0 aliphatic carbocycles. The number of imidazole rings is 1. The third-order valence-electron chi connectivity index (χ3n) is 7.94. The van der Waals surface area contributed by atoms with Crippen molar-refractivity contribution in [1.29, 1.82) is 0 Å². The smallest absolute Gasteiger partial charge is 0.228 e. The van der Waals surface area contributed by atoms with E-state index in [4.69, 9.17) is 14.7 Å². The molecule has 2 N–H and O–H groups in total. The number of anilines is 4. The van der Waals surface area contributed by atoms with Gasteiger partial charge < -0.3 is 20.3 Å². The lowest BCUT2D eigenvalue weighted by Crippen LogP contribution is -2.36. The SMILES string of the molecule is Cc1ccc(C)c(CC(=O)Nc2cccc(-c3nc4sccn4c3-c3ccnc(Nc4ccc(N5CCOCC5)cc4)n3)c2)c1. The first-order chi connectivity index (χ1) is 22.0. The second kappa shape index (κ2) is 12.5. The predicted molar refractivity (Wildman–Crippen MR) is 181 cm³/mol. The van der Waals surface area contributed by atoms with Crippen molar-refractivity contribution in [2.45, 2.75) is 20.3 Å². The van der Waals surface area contributed by atoms with Gasteiger partial charge in [0.05, 0.1) is 31.0 Å². The van der Waals surface area contributed by atoms with Crippen LogP contribution in [-0.2, 0) is 16.0 Å². The van der Waals surface area contributed by atoms with Gasteiger partial charge in [-0.3, -0.25) is 9.20 Å². The number of benzene rings is 3. The highest BCUT2D eigenvalue weighted by Gasteiger charge is 2.19. The van der Waals surface area contributed by atoms with Crippen molar-refractivity contribution in [2.24, 2.45) is 0 Å². The molecule has 3 aromatic heterocycles. The monoisotopic (exact) mass is 615 g/mol. The Hall–Kier alpha value is -5.06. The van der Waals surface area contributed by atoms with Crippen molar-refractivity contribution in [3.8, 4) is 22.6 Å². The molecule has 4 heterocycles. The first kappa shape index (κ1) is 28.7. The Morgan fingerprint density at radius 3 is 2.64 bits per heavy atom. The third kappa shape index (κ3) is 6.29. The highest BCUT2D eigenvalue weighted by atomic mass is 32.1. The topological polar surface area (TPSA) is 96.7 Å². The van der Waals surface area contributed by atoms with E-state index in [-0.39, 0.29) is 5.91 Å². The number of ether oxygens (including phenoxy) is 1. The van der Waals surface area contributed by atoms with E-state index in [9.17, 15) is 4.79 Å². The lowest BCUT2D eigenvalue weighted by Gasteiger charge is -2.28. The van der Waals surface area contributed by atoms with E-state index in [1.807, 2.05) is 67.9 Å². The van der Waals surface area contributed by atoms with Crippen LogP contribution in [0.5, 0.6) is 0 Å². The second-order valence-corrected chi connectivity index (χ2v) is 12.0. The molecule has 3 aromatic carbocycles. The van der Waals surface area contributed by atoms with Crippen LogP contribution in [-0.4, -0.2) is 51.6 Å². The van der Waals surface area contributed by atoms with Gasteiger partial charge in [-0.1, -0.05) is 35.9 Å². The summed E-state index contributed by atoms with van der Waals surface area (Å²) in [4.78, 5) is 30.6. The molecular formula is C35H33N7O2S. The van der Waals surface area contributed by atoms with E-state index in [1.165, 1.54) is 5.69 Å². The zero-order valence-corrected chi connectivity index (χ0v) is 26.0. The molecule has 0 atom stereocenters. The molecule has 1 saturated heterocycles. The normalized spacial score (nSPS) is 13.2. The fourth-order valence-corrected chi connectivity index (χ4v) is 6.32. The van der Waals surface area contributed by atoms with Crippen molar-refractivity contribution in [3.05, 3.63) is 107 Å². The Balaban J connectivity index is 1.14. The molecule has 0 saturated carbocycles. The van der Waals surface area contributed by atoms with Gasteiger partial charge in [-0.25, -0.2) is 15.0 Å². The average Bonchev–Trinajstić information content (AvgIpc) is 3.66. The Labute approximate surface area is 265 Å². The molecular weight excluding hydrogens is 582 g/mol. The standard InChI is InChI=1S/C35H33N7O2S/c1-23-6-7-24(2)26(20-23)22-31(43)37-28-5-3-4-25(21-28)32-33(42-16-19-45-35(42)40-32)30-12-13-36-34(39-30)38-27-8-10-29(11-9-27)41-14-17-44-18-15-41/h3-13,16,19-21H,14-15,17-18,22H2,1-2H3,(H,37,43)(H,36,38,39). The summed E-state index contributed by atoms with van der Waals surface area (Å²) in [6, 6.07) is 24.2. The summed E-state index contributed by atoms with van der Waals surface area (Å²) < 4.78 is 7.53. The predicted octanol–water partition coefficient (Wildman–Crippen LogP) is 6.90. The third-order valence-corrected chi connectivity index (χ3v) is 8.69. The van der Waals surface area contributed by atoms with Gasteiger partial charge in [0.1, 0.15) is 5.69 Å². The maximum absolute atomic E-state index is 13.0. The molecule has 45 heavy (non-hydrogen) atoms. The highest BCUT2D eigenvalue weighted by molar-refractivity contribution is 7.15. The van der Waals surface area contributed by atoms with Gasteiger partial charge in [0.2, 0.25) is 11.9 Å². The number of nitrogens with one attached hydrogen (secondary N) is 2. The second-order valence-electron chi connectivity index (χ2n) is 11.1. The van der Waals surface area contributed by atoms with Crippen LogP contribution in [0.2, 0.25) is 0 Å². The van der Waals surface area contributed by atoms with Crippen LogP contribution in [0.15, 0.2) is 90.6 Å². The molecule has 10 heteroatoms. The number of thiazole rings is 1. The first-order valence-corrected chi connectivity index (χ1v) is 15.8. The van der Waals surface area contributed by atoms with Crippen molar-refractivity contribution in [1.82, 2.24) is 19.4 Å². The van der Waals surface area contributed by atoms with Crippen LogP contribution >= 0.6 is 11.3 Å². The maximum Gasteiger partial charge on any atom is 0.228 e. The molecule has 0 radical (unpaired) electrons. The number of fused-ring (bicyclic) bond motifs is 1. The van der Waals surface area contributed by atoms with Gasteiger partial charge in [-0.15, -0.1) is 11.3 Å². The summed E-state index contributed by atoms with van der Waals surface area (Å²) in [5, 5.41) is 8.44. The van der Waals surface area contributed by atoms with Crippen LogP contribution < -0.4 is 15.5 Å². The Bertz CT molecular complexity index is 1980. The molecule has 0 spiro atoms. The molecule has 0 bridgehead atoms. The van der Waals surface area contributed by atoms with Gasteiger partial charge in [0.15, 0.2) is 4.96 Å². The Kier molecular flexibility index (Phi) is 7.98. The summed E-state index contributed by atoms with van der Waals surface area (Å²) in [7, 11) is 0. The van der Waals surface area contributed by atoms with Crippen LogP contribution in [0.1, 0.15) is 16.7 Å². The number of amides is 1. The number of hydrogen-bond acceptors (Lipinski definition) is 8. The maximum atomic E-state index is 13.0. The van der Waals surface area contributed by atoms with Gasteiger partial charge in [0, 0.05) is 53.5 Å². The summed E-state index contributed by atoms with van der Waals surface area (Å²) >= 11 is 1.56.